The molecule has 25 heavy (non-hydrogen) atoms. The summed E-state index contributed by atoms with van der Waals surface area (Å²) < 4.78 is 37.8. The van der Waals surface area contributed by atoms with Gasteiger partial charge in [-0.15, -0.1) is 0 Å². The molecule has 0 spiro atoms. The maximum Gasteiger partial charge on any atom is 0.417 e. The summed E-state index contributed by atoms with van der Waals surface area (Å²) in [5.74, 6) is 0.345. The molecule has 0 radical (unpaired) electrons. The number of alkyl halides is 3. The van der Waals surface area contributed by atoms with Gasteiger partial charge in [-0.3, -0.25) is 4.79 Å². The first-order valence-corrected chi connectivity index (χ1v) is 7.86. The normalized spacial score (nSPS) is 15.4. The van der Waals surface area contributed by atoms with Crippen LogP contribution in [-0.2, 0) is 6.18 Å². The third-order valence-electron chi connectivity index (χ3n) is 4.07. The van der Waals surface area contributed by atoms with E-state index in [0.29, 0.717) is 37.7 Å². The van der Waals surface area contributed by atoms with Crippen molar-refractivity contribution in [2.24, 2.45) is 0 Å². The van der Waals surface area contributed by atoms with Gasteiger partial charge in [-0.05, 0) is 31.2 Å². The summed E-state index contributed by atoms with van der Waals surface area (Å²) in [6, 6.07) is 7.68. The summed E-state index contributed by atoms with van der Waals surface area (Å²) in [7, 11) is 0. The van der Waals surface area contributed by atoms with Gasteiger partial charge in [0, 0.05) is 38.1 Å². The molecule has 2 aromatic rings. The minimum atomic E-state index is -4.39. The number of amides is 1. The van der Waals surface area contributed by atoms with Crippen LogP contribution in [0.3, 0.4) is 0 Å². The van der Waals surface area contributed by atoms with Crippen molar-refractivity contribution in [3.8, 4) is 0 Å². The summed E-state index contributed by atoms with van der Waals surface area (Å²) in [5.41, 5.74) is 0.412. The third-order valence-corrected chi connectivity index (χ3v) is 4.07. The van der Waals surface area contributed by atoms with E-state index in [1.807, 2.05) is 17.9 Å². The summed E-state index contributed by atoms with van der Waals surface area (Å²) >= 11 is 0. The van der Waals surface area contributed by atoms with Gasteiger partial charge >= 0.3 is 6.18 Å². The zero-order valence-electron chi connectivity index (χ0n) is 13.6. The van der Waals surface area contributed by atoms with Crippen molar-refractivity contribution in [2.45, 2.75) is 13.1 Å². The summed E-state index contributed by atoms with van der Waals surface area (Å²) in [6.07, 6.45) is -3.55. The molecular weight excluding hydrogens is 333 g/mol. The Morgan fingerprint density at radius 3 is 2.36 bits per heavy atom. The molecule has 2 aromatic heterocycles. The number of hydrogen-bond acceptors (Lipinski definition) is 4. The Balaban J connectivity index is 1.63. The Labute approximate surface area is 143 Å². The molecule has 1 saturated heterocycles. The first kappa shape index (κ1) is 17.2. The minimum Gasteiger partial charge on any atom is -0.353 e. The average molecular weight is 350 g/mol. The number of carbonyl (C=O) groups excluding carboxylic acids is 1. The Bertz CT molecular complexity index is 753. The van der Waals surface area contributed by atoms with Crippen molar-refractivity contribution in [3.63, 3.8) is 0 Å². The summed E-state index contributed by atoms with van der Waals surface area (Å²) in [6.45, 7) is 3.78. The molecule has 0 aromatic carbocycles. The van der Waals surface area contributed by atoms with Crippen LogP contribution in [0.2, 0.25) is 0 Å². The predicted molar refractivity (Wildman–Crippen MR) is 86.3 cm³/mol. The molecule has 0 bridgehead atoms. The number of pyridine rings is 2. The zero-order valence-corrected chi connectivity index (χ0v) is 13.6. The van der Waals surface area contributed by atoms with Crippen molar-refractivity contribution in [1.29, 1.82) is 0 Å². The van der Waals surface area contributed by atoms with Crippen LogP contribution in [0.25, 0.3) is 0 Å². The smallest absolute Gasteiger partial charge is 0.353 e. The second-order valence-corrected chi connectivity index (χ2v) is 5.85. The van der Waals surface area contributed by atoms with Crippen LogP contribution >= 0.6 is 0 Å². The number of rotatable bonds is 2. The van der Waals surface area contributed by atoms with Crippen molar-refractivity contribution >= 4 is 11.7 Å². The molecule has 132 valence electrons. The molecule has 1 fully saturated rings. The largest absolute Gasteiger partial charge is 0.417 e. The standard InChI is InChI=1S/C17H17F3N4O/c1-12-3-2-4-14(22-12)16(25)24-9-7-23(8-10-24)15-6-5-13(11-21-15)17(18,19)20/h2-6,11H,7-10H2,1H3. The van der Waals surface area contributed by atoms with E-state index < -0.39 is 11.7 Å². The molecule has 0 unspecified atom stereocenters. The molecule has 5 nitrogen and oxygen atoms in total. The van der Waals surface area contributed by atoms with Gasteiger partial charge < -0.3 is 9.80 Å². The third kappa shape index (κ3) is 3.89. The molecule has 8 heteroatoms. The van der Waals surface area contributed by atoms with Gasteiger partial charge in [0.2, 0.25) is 0 Å². The molecule has 3 rings (SSSR count). The monoisotopic (exact) mass is 350 g/mol. The molecule has 1 aliphatic heterocycles. The van der Waals surface area contributed by atoms with Crippen LogP contribution < -0.4 is 4.90 Å². The number of halogens is 3. The minimum absolute atomic E-state index is 0.135. The van der Waals surface area contributed by atoms with Crippen LogP contribution in [0, 0.1) is 6.92 Å². The van der Waals surface area contributed by atoms with Gasteiger partial charge in [-0.2, -0.15) is 13.2 Å². The number of aryl methyl sites for hydroxylation is 1. The Morgan fingerprint density at radius 2 is 1.80 bits per heavy atom. The molecule has 0 aliphatic carbocycles. The summed E-state index contributed by atoms with van der Waals surface area (Å²) in [4.78, 5) is 24.2. The maximum atomic E-state index is 12.6. The lowest BCUT2D eigenvalue weighted by molar-refractivity contribution is -0.137. The van der Waals surface area contributed by atoms with Gasteiger partial charge in [0.1, 0.15) is 11.5 Å². The maximum absolute atomic E-state index is 12.6. The highest BCUT2D eigenvalue weighted by Gasteiger charge is 2.31. The van der Waals surface area contributed by atoms with Crippen molar-refractivity contribution in [2.75, 3.05) is 31.1 Å². The van der Waals surface area contributed by atoms with Gasteiger partial charge in [0.15, 0.2) is 0 Å². The fourth-order valence-electron chi connectivity index (χ4n) is 2.70. The van der Waals surface area contributed by atoms with Gasteiger partial charge in [0.25, 0.3) is 5.91 Å². The van der Waals surface area contributed by atoms with E-state index in [4.69, 9.17) is 0 Å². The highest BCUT2D eigenvalue weighted by atomic mass is 19.4. The highest BCUT2D eigenvalue weighted by molar-refractivity contribution is 5.92. The van der Waals surface area contributed by atoms with Crippen LogP contribution in [-0.4, -0.2) is 47.0 Å². The molecule has 0 N–H and O–H groups in total. The van der Waals surface area contributed by atoms with E-state index in [9.17, 15) is 18.0 Å². The topological polar surface area (TPSA) is 49.3 Å². The second-order valence-electron chi connectivity index (χ2n) is 5.85. The molecule has 1 aliphatic rings. The lowest BCUT2D eigenvalue weighted by Crippen LogP contribution is -2.49. The summed E-state index contributed by atoms with van der Waals surface area (Å²) in [5, 5.41) is 0. The van der Waals surface area contributed by atoms with E-state index in [-0.39, 0.29) is 5.91 Å². The van der Waals surface area contributed by atoms with Crippen molar-refractivity contribution in [3.05, 3.63) is 53.5 Å². The first-order chi connectivity index (χ1) is 11.8. The number of anilines is 1. The predicted octanol–water partition coefficient (Wildman–Crippen LogP) is 2.77. The quantitative estimate of drug-likeness (QED) is 0.836. The van der Waals surface area contributed by atoms with E-state index >= 15 is 0 Å². The molecular formula is C17H17F3N4O. The van der Waals surface area contributed by atoms with Crippen molar-refractivity contribution < 1.29 is 18.0 Å². The van der Waals surface area contributed by atoms with Crippen LogP contribution in [0.5, 0.6) is 0 Å². The van der Waals surface area contributed by atoms with Gasteiger partial charge in [-0.1, -0.05) is 6.07 Å². The number of carbonyl (C=O) groups is 1. The van der Waals surface area contributed by atoms with E-state index in [0.717, 1.165) is 18.0 Å². The highest BCUT2D eigenvalue weighted by Crippen LogP contribution is 2.29. The molecule has 0 atom stereocenters. The Hall–Kier alpha value is -2.64. The Kier molecular flexibility index (Phi) is 4.61. The molecule has 1 amide bonds. The van der Waals surface area contributed by atoms with Crippen molar-refractivity contribution in [1.82, 2.24) is 14.9 Å². The zero-order chi connectivity index (χ0) is 18.0. The lowest BCUT2D eigenvalue weighted by Gasteiger charge is -2.35. The Morgan fingerprint density at radius 1 is 1.08 bits per heavy atom. The first-order valence-electron chi connectivity index (χ1n) is 7.86. The van der Waals surface area contributed by atoms with Gasteiger partial charge in [0.05, 0.1) is 5.56 Å². The lowest BCUT2D eigenvalue weighted by atomic mass is 10.2. The molecule has 0 saturated carbocycles. The number of aromatic nitrogens is 2. The fourth-order valence-corrected chi connectivity index (χ4v) is 2.70. The van der Waals surface area contributed by atoms with E-state index in [1.54, 1.807) is 17.0 Å². The number of nitrogens with zero attached hydrogens (tertiary/aromatic N) is 4. The van der Waals surface area contributed by atoms with Crippen LogP contribution in [0.4, 0.5) is 19.0 Å². The average Bonchev–Trinajstić information content (AvgIpc) is 2.61. The van der Waals surface area contributed by atoms with Crippen LogP contribution in [0.15, 0.2) is 36.5 Å². The van der Waals surface area contributed by atoms with E-state index in [1.165, 1.54) is 6.07 Å². The fraction of sp³-hybridized carbons (Fsp3) is 0.353. The molecule has 3 heterocycles. The second kappa shape index (κ2) is 6.70. The van der Waals surface area contributed by atoms with E-state index in [2.05, 4.69) is 9.97 Å². The number of piperazine rings is 1. The van der Waals surface area contributed by atoms with Gasteiger partial charge in [-0.25, -0.2) is 9.97 Å². The van der Waals surface area contributed by atoms with Crippen LogP contribution in [0.1, 0.15) is 21.7 Å². The number of hydrogen-bond donors (Lipinski definition) is 0. The SMILES string of the molecule is Cc1cccc(C(=O)N2CCN(c3ccc(C(F)(F)F)cn3)CC2)n1.